The molecular weight excluding hydrogens is 322 g/mol. The maximum Gasteiger partial charge on any atom is 0.328 e. The zero-order valence-corrected chi connectivity index (χ0v) is 14.6. The van der Waals surface area contributed by atoms with Gasteiger partial charge in [0, 0.05) is 24.7 Å². The molecule has 1 aliphatic rings. The van der Waals surface area contributed by atoms with Crippen LogP contribution < -0.4 is 0 Å². The number of hydrogen-bond acceptors (Lipinski definition) is 2. The van der Waals surface area contributed by atoms with Crippen LogP contribution in [0, 0.1) is 17.2 Å². The highest BCUT2D eigenvalue weighted by molar-refractivity contribution is 5.92. The van der Waals surface area contributed by atoms with E-state index in [-0.39, 0.29) is 6.03 Å². The number of rotatable bonds is 2. The average molecular weight is 343 g/mol. The number of carbonyl (C=O) groups is 1. The maximum absolute atomic E-state index is 12.9. The number of nitriles is 1. The van der Waals surface area contributed by atoms with Crippen molar-refractivity contribution in [3.63, 3.8) is 0 Å². The fraction of sp³-hybridized carbons (Fsp3) is 0.273. The molecule has 0 spiro atoms. The lowest BCUT2D eigenvalue weighted by Gasteiger charge is -2.32. The first-order chi connectivity index (χ1) is 12.7. The molecule has 3 aromatic rings. The minimum Gasteiger partial charge on any atom is -0.324 e. The predicted octanol–water partition coefficient (Wildman–Crippen LogP) is 4.44. The smallest absolute Gasteiger partial charge is 0.324 e. The first kappa shape index (κ1) is 16.4. The summed E-state index contributed by atoms with van der Waals surface area (Å²) in [5, 5.41) is 9.94. The fourth-order valence-corrected chi connectivity index (χ4v) is 3.81. The number of fused-ring (bicyclic) bond motifs is 1. The second kappa shape index (κ2) is 7.05. The SMILES string of the molecule is N#Cc1ccc2c(ccn2C(=O)N2CCC(Cc3ccccc3)CC2)c1. The van der Waals surface area contributed by atoms with Gasteiger partial charge in [-0.2, -0.15) is 5.26 Å². The first-order valence-electron chi connectivity index (χ1n) is 9.09. The van der Waals surface area contributed by atoms with Crippen LogP contribution in [0.3, 0.4) is 0 Å². The van der Waals surface area contributed by atoms with Gasteiger partial charge in [0.2, 0.25) is 0 Å². The molecule has 130 valence electrons. The quantitative estimate of drug-likeness (QED) is 0.691. The molecule has 2 aromatic carbocycles. The number of hydrogen-bond donors (Lipinski definition) is 0. The van der Waals surface area contributed by atoms with Crippen LogP contribution >= 0.6 is 0 Å². The highest BCUT2D eigenvalue weighted by Crippen LogP contribution is 2.24. The lowest BCUT2D eigenvalue weighted by molar-refractivity contribution is 0.172. The topological polar surface area (TPSA) is 49.0 Å². The Kier molecular flexibility index (Phi) is 4.45. The Balaban J connectivity index is 1.43. The highest BCUT2D eigenvalue weighted by Gasteiger charge is 2.24. The molecular formula is C22H21N3O. The molecule has 1 fully saturated rings. The summed E-state index contributed by atoms with van der Waals surface area (Å²) in [7, 11) is 0. The molecule has 0 atom stereocenters. The molecule has 0 radical (unpaired) electrons. The van der Waals surface area contributed by atoms with Crippen molar-refractivity contribution in [2.75, 3.05) is 13.1 Å². The van der Waals surface area contributed by atoms with E-state index in [0.717, 1.165) is 43.3 Å². The summed E-state index contributed by atoms with van der Waals surface area (Å²) in [6.45, 7) is 1.60. The van der Waals surface area contributed by atoms with E-state index >= 15 is 0 Å². The molecule has 0 N–H and O–H groups in total. The molecule has 1 saturated heterocycles. The number of likely N-dealkylation sites (tertiary alicyclic amines) is 1. The Morgan fingerprint density at radius 3 is 2.58 bits per heavy atom. The van der Waals surface area contributed by atoms with E-state index in [0.29, 0.717) is 11.5 Å². The summed E-state index contributed by atoms with van der Waals surface area (Å²) >= 11 is 0. The molecule has 1 aliphatic heterocycles. The third-order valence-corrected chi connectivity index (χ3v) is 5.28. The van der Waals surface area contributed by atoms with Crippen LogP contribution in [0.2, 0.25) is 0 Å². The largest absolute Gasteiger partial charge is 0.328 e. The Hall–Kier alpha value is -3.06. The van der Waals surface area contributed by atoms with Crippen molar-refractivity contribution in [2.24, 2.45) is 5.92 Å². The van der Waals surface area contributed by atoms with E-state index in [4.69, 9.17) is 5.26 Å². The van der Waals surface area contributed by atoms with Gasteiger partial charge in [-0.05, 0) is 55.0 Å². The minimum atomic E-state index is 0.0304. The number of carbonyl (C=O) groups excluding carboxylic acids is 1. The number of benzene rings is 2. The van der Waals surface area contributed by atoms with Gasteiger partial charge < -0.3 is 4.90 Å². The molecule has 0 unspecified atom stereocenters. The Bertz CT molecular complexity index is 960. The van der Waals surface area contributed by atoms with Crippen molar-refractivity contribution < 1.29 is 4.79 Å². The van der Waals surface area contributed by atoms with Crippen molar-refractivity contribution in [1.82, 2.24) is 9.47 Å². The van der Waals surface area contributed by atoms with Gasteiger partial charge in [-0.3, -0.25) is 4.57 Å². The molecule has 2 heterocycles. The highest BCUT2D eigenvalue weighted by atomic mass is 16.2. The summed E-state index contributed by atoms with van der Waals surface area (Å²) in [5.74, 6) is 0.640. The van der Waals surface area contributed by atoms with E-state index in [9.17, 15) is 4.79 Å². The molecule has 1 aromatic heterocycles. The molecule has 26 heavy (non-hydrogen) atoms. The zero-order valence-electron chi connectivity index (χ0n) is 14.6. The standard InChI is InChI=1S/C22H21N3O/c23-16-19-6-7-21-20(15-19)10-13-25(21)22(26)24-11-8-18(9-12-24)14-17-4-2-1-3-5-17/h1-7,10,13,15,18H,8-9,11-12,14H2. The molecule has 4 nitrogen and oxygen atoms in total. The van der Waals surface area contributed by atoms with Gasteiger partial charge in [0.15, 0.2) is 0 Å². The van der Waals surface area contributed by atoms with Crippen LogP contribution in [0.1, 0.15) is 24.0 Å². The van der Waals surface area contributed by atoms with Crippen molar-refractivity contribution in [3.05, 3.63) is 71.9 Å². The second-order valence-electron chi connectivity index (χ2n) is 6.97. The van der Waals surface area contributed by atoms with Gasteiger partial charge in [0.1, 0.15) is 0 Å². The van der Waals surface area contributed by atoms with E-state index in [1.165, 1.54) is 5.56 Å². The lowest BCUT2D eigenvalue weighted by atomic mass is 9.90. The van der Waals surface area contributed by atoms with Gasteiger partial charge in [-0.25, -0.2) is 4.79 Å². The van der Waals surface area contributed by atoms with Crippen molar-refractivity contribution in [3.8, 4) is 6.07 Å². The minimum absolute atomic E-state index is 0.0304. The number of aromatic nitrogens is 1. The zero-order chi connectivity index (χ0) is 17.9. The fourth-order valence-electron chi connectivity index (χ4n) is 3.81. The number of nitrogens with zero attached hydrogens (tertiary/aromatic N) is 3. The van der Waals surface area contributed by atoms with Crippen LogP contribution in [0.15, 0.2) is 60.8 Å². The lowest BCUT2D eigenvalue weighted by Crippen LogP contribution is -2.41. The van der Waals surface area contributed by atoms with Gasteiger partial charge >= 0.3 is 6.03 Å². The summed E-state index contributed by atoms with van der Waals surface area (Å²) in [4.78, 5) is 14.9. The summed E-state index contributed by atoms with van der Waals surface area (Å²) in [6.07, 6.45) is 4.98. The van der Waals surface area contributed by atoms with Crippen molar-refractivity contribution >= 4 is 16.9 Å². The second-order valence-corrected chi connectivity index (χ2v) is 6.97. The van der Waals surface area contributed by atoms with E-state index in [2.05, 4.69) is 30.3 Å². The summed E-state index contributed by atoms with van der Waals surface area (Å²) in [5.41, 5.74) is 2.85. The van der Waals surface area contributed by atoms with Gasteiger partial charge in [-0.1, -0.05) is 30.3 Å². The molecule has 0 bridgehead atoms. The number of piperidine rings is 1. The normalized spacial score (nSPS) is 15.1. The van der Waals surface area contributed by atoms with Crippen molar-refractivity contribution in [2.45, 2.75) is 19.3 Å². The third kappa shape index (κ3) is 3.21. The molecule has 0 saturated carbocycles. The summed E-state index contributed by atoms with van der Waals surface area (Å²) in [6, 6.07) is 20.1. The Labute approximate surface area is 153 Å². The molecule has 4 rings (SSSR count). The van der Waals surface area contributed by atoms with Crippen LogP contribution in [-0.2, 0) is 6.42 Å². The van der Waals surface area contributed by atoms with E-state index in [1.54, 1.807) is 10.6 Å². The van der Waals surface area contributed by atoms with Crippen LogP contribution in [-0.4, -0.2) is 28.6 Å². The van der Waals surface area contributed by atoms with Gasteiger partial charge in [0.25, 0.3) is 0 Å². The van der Waals surface area contributed by atoms with Gasteiger partial charge in [0.05, 0.1) is 17.1 Å². The monoisotopic (exact) mass is 343 g/mol. The predicted molar refractivity (Wildman–Crippen MR) is 102 cm³/mol. The molecule has 0 aliphatic carbocycles. The Morgan fingerprint density at radius 2 is 1.85 bits per heavy atom. The van der Waals surface area contributed by atoms with E-state index in [1.807, 2.05) is 35.4 Å². The number of amides is 1. The summed E-state index contributed by atoms with van der Waals surface area (Å²) < 4.78 is 1.70. The average Bonchev–Trinajstić information content (AvgIpc) is 3.12. The first-order valence-corrected chi connectivity index (χ1v) is 9.09. The van der Waals surface area contributed by atoms with E-state index < -0.39 is 0 Å². The molecule has 4 heteroatoms. The van der Waals surface area contributed by atoms with Crippen LogP contribution in [0.5, 0.6) is 0 Å². The third-order valence-electron chi connectivity index (χ3n) is 5.28. The van der Waals surface area contributed by atoms with Crippen molar-refractivity contribution in [1.29, 1.82) is 5.26 Å². The van der Waals surface area contributed by atoms with Crippen LogP contribution in [0.4, 0.5) is 4.79 Å². The molecule has 1 amide bonds. The Morgan fingerprint density at radius 1 is 1.08 bits per heavy atom. The van der Waals surface area contributed by atoms with Gasteiger partial charge in [-0.15, -0.1) is 0 Å². The van der Waals surface area contributed by atoms with Crippen LogP contribution in [0.25, 0.3) is 10.9 Å². The maximum atomic E-state index is 12.9.